The van der Waals surface area contributed by atoms with E-state index in [1.165, 1.54) is 6.33 Å². The molecule has 16 heteroatoms. The molecule has 0 spiro atoms. The zero-order valence-electron chi connectivity index (χ0n) is 35.1. The van der Waals surface area contributed by atoms with Crippen LogP contribution in [0.5, 0.6) is 34.5 Å². The fraction of sp³-hybridized carbons (Fsp3) is 0.511. The number of amides is 3. The van der Waals surface area contributed by atoms with Crippen molar-refractivity contribution in [2.45, 2.75) is 83.7 Å². The van der Waals surface area contributed by atoms with Gasteiger partial charge in [-0.05, 0) is 80.7 Å². The Morgan fingerprint density at radius 1 is 0.934 bits per heavy atom. The maximum Gasteiger partial charge on any atom is 0.413 e. The molecule has 5 heterocycles. The standard InChI is InChI=1S/C45H53N7O9/c1-5-25(2)37(49-45(55)61-35-21-46-41-39(35)47-23-48-40(41)36-32(58-22-26-10-11-26)14-15-33-42(36)60-24-59-33)44(54)51-18-16-28(17-19-51)52-43(53)30-9-7-6-8-29(30)38(50-52)27-12-13-31(56-3)34(20-27)57-4/h12-15,20-21,23,25-26,28-30,37,46H,5-11,16-19,22,24H2,1-4H3,(H,49,55)/t25-,29-,30+,37-/m0/s1. The summed E-state index contributed by atoms with van der Waals surface area (Å²) in [7, 11) is 3.22. The van der Waals surface area contributed by atoms with Gasteiger partial charge in [0.1, 0.15) is 29.3 Å². The Labute approximate surface area is 354 Å². The topological polar surface area (TPSA) is 179 Å². The van der Waals surface area contributed by atoms with Gasteiger partial charge < -0.3 is 43.6 Å². The molecule has 2 aromatic carbocycles. The average molecular weight is 836 g/mol. The molecule has 2 aromatic heterocycles. The van der Waals surface area contributed by atoms with Crippen molar-refractivity contribution in [2.75, 3.05) is 40.7 Å². The summed E-state index contributed by atoms with van der Waals surface area (Å²) in [6.07, 6.45) is 10.00. The molecular formula is C45H53N7O9. The summed E-state index contributed by atoms with van der Waals surface area (Å²) in [5, 5.41) is 9.64. The number of methoxy groups -OCH3 is 2. The SMILES string of the molecule is CC[C@H](C)[C@H](NC(=O)Oc1c[nH]c2c(-c3c(OCC4CC4)ccc4c3OCO4)ncnc12)C(=O)N1CCC(N2N=C(c3ccc(OC)c(OC)c3)[C@H]3CCCC[C@H]3C2=O)CC1. The van der Waals surface area contributed by atoms with E-state index in [0.717, 1.165) is 49.8 Å². The van der Waals surface area contributed by atoms with E-state index in [0.29, 0.717) is 95.9 Å². The van der Waals surface area contributed by atoms with Crippen molar-refractivity contribution in [2.24, 2.45) is 28.8 Å². The van der Waals surface area contributed by atoms with Crippen LogP contribution in [-0.2, 0) is 9.59 Å². The monoisotopic (exact) mass is 835 g/mol. The number of ether oxygens (including phenoxy) is 6. The summed E-state index contributed by atoms with van der Waals surface area (Å²) in [6, 6.07) is 8.48. The van der Waals surface area contributed by atoms with Gasteiger partial charge in [-0.2, -0.15) is 5.10 Å². The summed E-state index contributed by atoms with van der Waals surface area (Å²) in [5.41, 5.74) is 3.85. The Bertz CT molecular complexity index is 2340. The van der Waals surface area contributed by atoms with E-state index in [1.54, 1.807) is 30.3 Å². The van der Waals surface area contributed by atoms with Gasteiger partial charge >= 0.3 is 6.09 Å². The smallest absolute Gasteiger partial charge is 0.413 e. The number of benzene rings is 2. The minimum atomic E-state index is -0.839. The third-order valence-electron chi connectivity index (χ3n) is 13.0. The quantitative estimate of drug-likeness (QED) is 0.146. The average Bonchev–Trinajstić information content (AvgIpc) is 3.85. The van der Waals surface area contributed by atoms with E-state index in [4.69, 9.17) is 33.5 Å². The lowest BCUT2D eigenvalue weighted by Crippen LogP contribution is -2.56. The molecule has 2 N–H and O–H groups in total. The zero-order chi connectivity index (χ0) is 42.2. The third-order valence-corrected chi connectivity index (χ3v) is 13.0. The zero-order valence-corrected chi connectivity index (χ0v) is 35.1. The molecule has 0 radical (unpaired) electrons. The van der Waals surface area contributed by atoms with Crippen LogP contribution in [0.4, 0.5) is 4.79 Å². The molecule has 0 unspecified atom stereocenters. The van der Waals surface area contributed by atoms with Crippen molar-refractivity contribution in [1.82, 2.24) is 30.2 Å². The fourth-order valence-electron chi connectivity index (χ4n) is 9.13. The molecule has 4 aromatic rings. The van der Waals surface area contributed by atoms with E-state index in [9.17, 15) is 14.4 Å². The van der Waals surface area contributed by atoms with Crippen LogP contribution in [0.3, 0.4) is 0 Å². The number of aromatic amines is 1. The number of nitrogens with one attached hydrogen (secondary N) is 2. The Kier molecular flexibility index (Phi) is 11.3. The first-order chi connectivity index (χ1) is 29.8. The molecule has 1 saturated heterocycles. The summed E-state index contributed by atoms with van der Waals surface area (Å²) in [4.78, 5) is 55.9. The molecule has 3 aliphatic heterocycles. The number of hydrogen-bond acceptors (Lipinski definition) is 12. The van der Waals surface area contributed by atoms with E-state index in [-0.39, 0.29) is 48.2 Å². The van der Waals surface area contributed by atoms with E-state index in [2.05, 4.69) is 20.3 Å². The van der Waals surface area contributed by atoms with Crippen LogP contribution in [0.2, 0.25) is 0 Å². The highest BCUT2D eigenvalue weighted by Crippen LogP contribution is 2.49. The maximum absolute atomic E-state index is 14.2. The first-order valence-corrected chi connectivity index (χ1v) is 21.5. The molecule has 5 aliphatic rings. The number of piperidine rings is 1. The second kappa shape index (κ2) is 17.1. The van der Waals surface area contributed by atoms with Crippen LogP contribution in [0, 0.1) is 23.7 Å². The van der Waals surface area contributed by atoms with Gasteiger partial charge in [-0.15, -0.1) is 0 Å². The Morgan fingerprint density at radius 3 is 2.46 bits per heavy atom. The van der Waals surface area contributed by atoms with Crippen LogP contribution in [-0.4, -0.2) is 101 Å². The van der Waals surface area contributed by atoms with Crippen LogP contribution in [0.1, 0.15) is 77.2 Å². The highest BCUT2D eigenvalue weighted by Gasteiger charge is 2.44. The number of aromatic nitrogens is 3. The number of rotatable bonds is 13. The van der Waals surface area contributed by atoms with Gasteiger partial charge in [-0.3, -0.25) is 9.59 Å². The molecule has 322 valence electrons. The number of nitrogens with zero attached hydrogens (tertiary/aromatic N) is 5. The normalized spacial score (nSPS) is 21.0. The summed E-state index contributed by atoms with van der Waals surface area (Å²) in [6.45, 7) is 5.41. The predicted molar refractivity (Wildman–Crippen MR) is 224 cm³/mol. The van der Waals surface area contributed by atoms with Crippen LogP contribution < -0.4 is 33.7 Å². The van der Waals surface area contributed by atoms with Crippen molar-refractivity contribution in [3.05, 3.63) is 48.4 Å². The van der Waals surface area contributed by atoms with Crippen molar-refractivity contribution >= 4 is 34.7 Å². The molecule has 3 fully saturated rings. The number of fused-ring (bicyclic) bond motifs is 3. The molecule has 0 bridgehead atoms. The fourth-order valence-corrected chi connectivity index (χ4v) is 9.13. The summed E-state index contributed by atoms with van der Waals surface area (Å²) >= 11 is 0. The Hall–Kier alpha value is -6.06. The van der Waals surface area contributed by atoms with Crippen molar-refractivity contribution in [1.29, 1.82) is 0 Å². The molecule has 9 rings (SSSR count). The molecule has 16 nitrogen and oxygen atoms in total. The molecule has 2 saturated carbocycles. The maximum atomic E-state index is 14.2. The largest absolute Gasteiger partial charge is 0.493 e. The minimum Gasteiger partial charge on any atom is -0.493 e. The first kappa shape index (κ1) is 40.4. The molecule has 4 atom stereocenters. The van der Waals surface area contributed by atoms with Crippen molar-refractivity contribution in [3.8, 4) is 45.8 Å². The van der Waals surface area contributed by atoms with E-state index >= 15 is 0 Å². The highest BCUT2D eigenvalue weighted by molar-refractivity contribution is 6.07. The number of carbonyl (C=O) groups excluding carboxylic acids is 3. The number of carbonyl (C=O) groups is 3. The second-order valence-electron chi connectivity index (χ2n) is 16.7. The van der Waals surface area contributed by atoms with Gasteiger partial charge in [0.05, 0.1) is 43.7 Å². The lowest BCUT2D eigenvalue weighted by Gasteiger charge is -2.44. The van der Waals surface area contributed by atoms with Crippen LogP contribution in [0.15, 0.2) is 48.0 Å². The molecular weight excluding hydrogens is 783 g/mol. The lowest BCUT2D eigenvalue weighted by atomic mass is 9.73. The number of likely N-dealkylation sites (tertiary alicyclic amines) is 1. The molecule has 2 aliphatic carbocycles. The summed E-state index contributed by atoms with van der Waals surface area (Å²) in [5.74, 6) is 3.25. The van der Waals surface area contributed by atoms with Crippen molar-refractivity contribution < 1.29 is 42.8 Å². The first-order valence-electron chi connectivity index (χ1n) is 21.5. The second-order valence-corrected chi connectivity index (χ2v) is 16.7. The van der Waals surface area contributed by atoms with E-state index in [1.807, 2.05) is 44.2 Å². The van der Waals surface area contributed by atoms with Crippen LogP contribution in [0.25, 0.3) is 22.3 Å². The van der Waals surface area contributed by atoms with Gasteiger partial charge in [0.15, 0.2) is 28.7 Å². The highest BCUT2D eigenvalue weighted by atomic mass is 16.7. The number of H-pyrrole nitrogens is 1. The number of hydrazone groups is 1. The predicted octanol–water partition coefficient (Wildman–Crippen LogP) is 6.71. The van der Waals surface area contributed by atoms with Gasteiger partial charge in [0, 0.05) is 36.7 Å². The minimum absolute atomic E-state index is 0.0383. The number of hydrogen-bond donors (Lipinski definition) is 2. The Morgan fingerprint density at radius 2 is 1.70 bits per heavy atom. The molecule has 61 heavy (non-hydrogen) atoms. The molecule has 3 amide bonds. The van der Waals surface area contributed by atoms with Gasteiger partial charge in [0.25, 0.3) is 0 Å². The van der Waals surface area contributed by atoms with Gasteiger partial charge in [0.2, 0.25) is 18.6 Å². The lowest BCUT2D eigenvalue weighted by molar-refractivity contribution is -0.143. The Balaban J connectivity index is 0.890. The van der Waals surface area contributed by atoms with Gasteiger partial charge in [-0.1, -0.05) is 33.1 Å². The van der Waals surface area contributed by atoms with Crippen molar-refractivity contribution in [3.63, 3.8) is 0 Å². The summed E-state index contributed by atoms with van der Waals surface area (Å²) < 4.78 is 34.7. The van der Waals surface area contributed by atoms with Crippen LogP contribution >= 0.6 is 0 Å². The van der Waals surface area contributed by atoms with Gasteiger partial charge in [-0.25, -0.2) is 19.8 Å². The third kappa shape index (κ3) is 7.87. The van der Waals surface area contributed by atoms with E-state index < -0.39 is 12.1 Å².